The Labute approximate surface area is 181 Å². The number of piperidine rings is 1. The fourth-order valence-electron chi connectivity index (χ4n) is 5.89. The van der Waals surface area contributed by atoms with E-state index in [-0.39, 0.29) is 11.5 Å². The zero-order chi connectivity index (χ0) is 21.2. The van der Waals surface area contributed by atoms with Crippen molar-refractivity contribution in [2.75, 3.05) is 49.6 Å². The summed E-state index contributed by atoms with van der Waals surface area (Å²) in [6.07, 6.45) is -0.780. The second-order valence-corrected chi connectivity index (χ2v) is 9.11. The van der Waals surface area contributed by atoms with Gasteiger partial charge in [0.05, 0.1) is 11.4 Å². The van der Waals surface area contributed by atoms with Crippen molar-refractivity contribution >= 4 is 11.4 Å². The summed E-state index contributed by atoms with van der Waals surface area (Å²) in [6, 6.07) is 12.5. The van der Waals surface area contributed by atoms with Crippen LogP contribution in [0.3, 0.4) is 0 Å². The molecular weight excluding hydrogens is 400 g/mol. The van der Waals surface area contributed by atoms with Crippen molar-refractivity contribution in [3.05, 3.63) is 47.5 Å². The number of likely N-dealkylation sites (N-methyl/N-ethyl adjacent to an activating group) is 1. The number of rotatable bonds is 4. The summed E-state index contributed by atoms with van der Waals surface area (Å²) in [5.74, 6) is 0.880. The van der Waals surface area contributed by atoms with Gasteiger partial charge < -0.3 is 24.2 Å². The SMILES string of the molecule is CN1CCN2c3c(cccc31)[C@@H]1CN(CCCc3cccc4c3OC(F)(F)O4)CC[C@@H]12. The van der Waals surface area contributed by atoms with E-state index in [4.69, 9.17) is 4.74 Å². The van der Waals surface area contributed by atoms with E-state index >= 15 is 0 Å². The van der Waals surface area contributed by atoms with Gasteiger partial charge >= 0.3 is 6.29 Å². The van der Waals surface area contributed by atoms with Crippen LogP contribution in [0.15, 0.2) is 36.4 Å². The van der Waals surface area contributed by atoms with E-state index in [0.29, 0.717) is 18.4 Å². The number of alkyl halides is 2. The van der Waals surface area contributed by atoms with Gasteiger partial charge in [0.25, 0.3) is 0 Å². The number of nitrogens with zero attached hydrogens (tertiary/aromatic N) is 3. The minimum atomic E-state index is -3.56. The minimum absolute atomic E-state index is 0.136. The molecule has 0 spiro atoms. The lowest BCUT2D eigenvalue weighted by Crippen LogP contribution is -2.49. The molecule has 1 fully saturated rings. The van der Waals surface area contributed by atoms with Gasteiger partial charge in [0.2, 0.25) is 0 Å². The van der Waals surface area contributed by atoms with Crippen molar-refractivity contribution in [3.8, 4) is 11.5 Å². The van der Waals surface area contributed by atoms with Crippen LogP contribution in [0.1, 0.15) is 29.9 Å². The third kappa shape index (κ3) is 3.13. The Bertz CT molecular complexity index is 1010. The van der Waals surface area contributed by atoms with Crippen LogP contribution < -0.4 is 19.3 Å². The first-order valence-corrected chi connectivity index (χ1v) is 11.2. The predicted octanol–water partition coefficient (Wildman–Crippen LogP) is 4.07. The molecule has 0 bridgehead atoms. The smallest absolute Gasteiger partial charge is 0.395 e. The molecule has 2 aromatic carbocycles. The highest BCUT2D eigenvalue weighted by Crippen LogP contribution is 2.50. The third-order valence-corrected chi connectivity index (χ3v) is 7.31. The number of halogens is 2. The lowest BCUT2D eigenvalue weighted by molar-refractivity contribution is -0.286. The van der Waals surface area contributed by atoms with E-state index in [9.17, 15) is 8.78 Å². The molecule has 1 saturated heterocycles. The molecular formula is C24H27F2N3O2. The maximum atomic E-state index is 13.4. The zero-order valence-electron chi connectivity index (χ0n) is 17.7. The molecule has 6 rings (SSSR count). The average Bonchev–Trinajstić information content (AvgIpc) is 3.25. The van der Waals surface area contributed by atoms with Gasteiger partial charge in [-0.25, -0.2) is 0 Å². The number of aryl methyl sites for hydroxylation is 1. The van der Waals surface area contributed by atoms with Gasteiger partial charge in [0, 0.05) is 45.2 Å². The van der Waals surface area contributed by atoms with Crippen LogP contribution in [0.4, 0.5) is 20.2 Å². The van der Waals surface area contributed by atoms with Crippen molar-refractivity contribution in [2.45, 2.75) is 37.5 Å². The van der Waals surface area contributed by atoms with Gasteiger partial charge in [0.15, 0.2) is 11.5 Å². The maximum absolute atomic E-state index is 13.4. The molecule has 0 unspecified atom stereocenters. The summed E-state index contributed by atoms with van der Waals surface area (Å²) in [5, 5.41) is 0. The van der Waals surface area contributed by atoms with Gasteiger partial charge in [-0.1, -0.05) is 24.3 Å². The van der Waals surface area contributed by atoms with E-state index in [1.165, 1.54) is 29.4 Å². The average molecular weight is 427 g/mol. The molecule has 0 amide bonds. The quantitative estimate of drug-likeness (QED) is 0.734. The number of fused-ring (bicyclic) bond motifs is 4. The maximum Gasteiger partial charge on any atom is 0.586 e. The fraction of sp³-hybridized carbons (Fsp3) is 0.500. The van der Waals surface area contributed by atoms with Crippen molar-refractivity contribution in [1.82, 2.24) is 4.90 Å². The lowest BCUT2D eigenvalue weighted by Gasteiger charge is -2.41. The van der Waals surface area contributed by atoms with E-state index in [2.05, 4.69) is 44.7 Å². The molecule has 2 aromatic rings. The van der Waals surface area contributed by atoms with Crippen molar-refractivity contribution < 1.29 is 18.3 Å². The molecule has 0 radical (unpaired) electrons. The Morgan fingerprint density at radius 1 is 1.06 bits per heavy atom. The summed E-state index contributed by atoms with van der Waals surface area (Å²) in [7, 11) is 2.19. The van der Waals surface area contributed by atoms with Crippen molar-refractivity contribution in [2.24, 2.45) is 0 Å². The summed E-state index contributed by atoms with van der Waals surface area (Å²) in [4.78, 5) is 7.56. The number of benzene rings is 2. The first-order valence-electron chi connectivity index (χ1n) is 11.2. The predicted molar refractivity (Wildman–Crippen MR) is 116 cm³/mol. The highest BCUT2D eigenvalue weighted by atomic mass is 19.3. The van der Waals surface area contributed by atoms with E-state index in [1.54, 1.807) is 6.07 Å². The second-order valence-electron chi connectivity index (χ2n) is 9.11. The molecule has 4 aliphatic rings. The molecule has 31 heavy (non-hydrogen) atoms. The summed E-state index contributed by atoms with van der Waals surface area (Å²) >= 11 is 0. The summed E-state index contributed by atoms with van der Waals surface area (Å²) < 4.78 is 36.2. The van der Waals surface area contributed by atoms with Gasteiger partial charge in [-0.3, -0.25) is 0 Å². The largest absolute Gasteiger partial charge is 0.586 e. The zero-order valence-corrected chi connectivity index (χ0v) is 17.7. The number of para-hydroxylation sites is 2. The molecule has 0 aromatic heterocycles. The molecule has 7 heteroatoms. The Morgan fingerprint density at radius 3 is 2.84 bits per heavy atom. The van der Waals surface area contributed by atoms with Gasteiger partial charge in [-0.2, -0.15) is 0 Å². The highest BCUT2D eigenvalue weighted by Gasteiger charge is 2.45. The summed E-state index contributed by atoms with van der Waals surface area (Å²) in [5.41, 5.74) is 5.10. The van der Waals surface area contributed by atoms with Crippen LogP contribution in [-0.2, 0) is 6.42 Å². The molecule has 0 N–H and O–H groups in total. The Kier molecular flexibility index (Phi) is 4.32. The number of ether oxygens (including phenoxy) is 2. The van der Waals surface area contributed by atoms with Crippen LogP contribution >= 0.6 is 0 Å². The molecule has 0 saturated carbocycles. The highest BCUT2D eigenvalue weighted by molar-refractivity contribution is 5.80. The molecule has 4 aliphatic heterocycles. The fourth-order valence-corrected chi connectivity index (χ4v) is 5.89. The Balaban J connectivity index is 1.13. The van der Waals surface area contributed by atoms with Crippen LogP contribution in [-0.4, -0.2) is 57.0 Å². The summed E-state index contributed by atoms with van der Waals surface area (Å²) in [6.45, 7) is 5.29. The monoisotopic (exact) mass is 427 g/mol. The molecule has 5 nitrogen and oxygen atoms in total. The van der Waals surface area contributed by atoms with E-state index < -0.39 is 6.29 Å². The number of hydrogen-bond donors (Lipinski definition) is 0. The normalized spacial score (nSPS) is 25.5. The Hall–Kier alpha value is -2.54. The number of likely N-dealkylation sites (tertiary alicyclic amines) is 1. The standard InChI is InChI=1S/C24H27F2N3O2/c1-27-13-14-29-19-10-12-28(15-18(19)17-7-3-8-20(27)22(17)29)11-4-6-16-5-2-9-21-23(16)31-24(25,26)30-21/h2-3,5,7-9,18-19H,4,6,10-15H2,1H3/t18-,19-/m0/s1. The van der Waals surface area contributed by atoms with Crippen molar-refractivity contribution in [3.63, 3.8) is 0 Å². The Morgan fingerprint density at radius 2 is 1.94 bits per heavy atom. The molecule has 4 heterocycles. The van der Waals surface area contributed by atoms with Crippen LogP contribution in [0.2, 0.25) is 0 Å². The third-order valence-electron chi connectivity index (χ3n) is 7.31. The first kappa shape index (κ1) is 19.2. The van der Waals surface area contributed by atoms with Gasteiger partial charge in [0.1, 0.15) is 0 Å². The lowest BCUT2D eigenvalue weighted by atomic mass is 9.89. The topological polar surface area (TPSA) is 28.2 Å². The second kappa shape index (κ2) is 6.99. The van der Waals surface area contributed by atoms with E-state index in [1.807, 2.05) is 6.07 Å². The first-order chi connectivity index (χ1) is 15.0. The van der Waals surface area contributed by atoms with Crippen molar-refractivity contribution in [1.29, 1.82) is 0 Å². The number of anilines is 2. The van der Waals surface area contributed by atoms with Crippen LogP contribution in [0.25, 0.3) is 0 Å². The molecule has 0 aliphatic carbocycles. The van der Waals surface area contributed by atoms with Gasteiger partial charge in [-0.05, 0) is 49.1 Å². The number of hydrogen-bond acceptors (Lipinski definition) is 5. The van der Waals surface area contributed by atoms with Gasteiger partial charge in [-0.15, -0.1) is 8.78 Å². The minimum Gasteiger partial charge on any atom is -0.395 e. The van der Waals surface area contributed by atoms with E-state index in [0.717, 1.165) is 44.7 Å². The van der Waals surface area contributed by atoms with Crippen LogP contribution in [0.5, 0.6) is 11.5 Å². The molecule has 2 atom stereocenters. The molecule has 164 valence electrons. The van der Waals surface area contributed by atoms with Crippen LogP contribution in [0, 0.1) is 0 Å².